The third-order valence-electron chi connectivity index (χ3n) is 2.29. The van der Waals surface area contributed by atoms with E-state index in [-0.39, 0.29) is 6.61 Å². The fraction of sp³-hybridized carbons (Fsp3) is 0.545. The summed E-state index contributed by atoms with van der Waals surface area (Å²) in [6.07, 6.45) is 1.73. The van der Waals surface area contributed by atoms with Crippen LogP contribution in [-0.4, -0.2) is 49.2 Å². The molecule has 0 saturated carbocycles. The van der Waals surface area contributed by atoms with Crippen LogP contribution >= 0.6 is 0 Å². The molecular formula is C11H19N3O. The average molecular weight is 209 g/mol. The normalized spacial score (nSPS) is 10.7. The molecule has 1 heterocycles. The molecule has 84 valence electrons. The second-order valence-corrected chi connectivity index (χ2v) is 3.89. The first-order chi connectivity index (χ1) is 7.13. The van der Waals surface area contributed by atoms with Crippen LogP contribution < -0.4 is 4.90 Å². The highest BCUT2D eigenvalue weighted by Crippen LogP contribution is 2.12. The van der Waals surface area contributed by atoms with Crippen molar-refractivity contribution in [2.24, 2.45) is 0 Å². The van der Waals surface area contributed by atoms with Crippen LogP contribution in [0.15, 0.2) is 18.3 Å². The summed E-state index contributed by atoms with van der Waals surface area (Å²) in [4.78, 5) is 8.35. The molecule has 0 aliphatic carbocycles. The molecule has 0 atom stereocenters. The van der Waals surface area contributed by atoms with Crippen molar-refractivity contribution < 1.29 is 5.11 Å². The van der Waals surface area contributed by atoms with Crippen LogP contribution in [0.5, 0.6) is 0 Å². The molecule has 1 aromatic heterocycles. The second-order valence-electron chi connectivity index (χ2n) is 3.89. The molecule has 0 aromatic carbocycles. The molecule has 4 heteroatoms. The van der Waals surface area contributed by atoms with E-state index in [2.05, 4.69) is 28.9 Å². The third kappa shape index (κ3) is 3.85. The summed E-state index contributed by atoms with van der Waals surface area (Å²) in [5, 5.41) is 8.97. The number of anilines is 1. The summed E-state index contributed by atoms with van der Waals surface area (Å²) >= 11 is 0. The Kier molecular flexibility index (Phi) is 4.52. The van der Waals surface area contributed by atoms with Gasteiger partial charge in [-0.3, -0.25) is 4.98 Å². The Morgan fingerprint density at radius 1 is 1.27 bits per heavy atom. The number of hydrogen-bond acceptors (Lipinski definition) is 4. The molecule has 0 aliphatic heterocycles. The molecule has 1 N–H and O–H groups in total. The SMILES string of the molecule is CN(C)CCN(C)c1ccnc(CO)c1. The predicted octanol–water partition coefficient (Wildman–Crippen LogP) is 0.572. The minimum absolute atomic E-state index is 0.00460. The zero-order chi connectivity index (χ0) is 11.3. The fourth-order valence-corrected chi connectivity index (χ4v) is 1.27. The van der Waals surface area contributed by atoms with Gasteiger partial charge in [-0.15, -0.1) is 0 Å². The number of rotatable bonds is 5. The third-order valence-corrected chi connectivity index (χ3v) is 2.29. The number of aromatic nitrogens is 1. The van der Waals surface area contributed by atoms with Gasteiger partial charge in [-0.05, 0) is 26.2 Å². The van der Waals surface area contributed by atoms with E-state index < -0.39 is 0 Å². The summed E-state index contributed by atoms with van der Waals surface area (Å²) in [5.41, 5.74) is 1.81. The summed E-state index contributed by atoms with van der Waals surface area (Å²) < 4.78 is 0. The Hall–Kier alpha value is -1.13. The standard InChI is InChI=1S/C11H19N3O/c1-13(2)6-7-14(3)11-4-5-12-10(8-11)9-15/h4-5,8,15H,6-7,9H2,1-3H3. The first-order valence-electron chi connectivity index (χ1n) is 5.05. The maximum Gasteiger partial charge on any atom is 0.0853 e. The number of nitrogens with zero attached hydrogens (tertiary/aromatic N) is 3. The first kappa shape index (κ1) is 11.9. The van der Waals surface area contributed by atoms with Crippen molar-refractivity contribution in [3.05, 3.63) is 24.0 Å². The van der Waals surface area contributed by atoms with Crippen molar-refractivity contribution in [3.63, 3.8) is 0 Å². The van der Waals surface area contributed by atoms with Gasteiger partial charge in [-0.2, -0.15) is 0 Å². The van der Waals surface area contributed by atoms with E-state index >= 15 is 0 Å². The predicted molar refractivity (Wildman–Crippen MR) is 62.0 cm³/mol. The van der Waals surface area contributed by atoms with Gasteiger partial charge in [-0.1, -0.05) is 0 Å². The quantitative estimate of drug-likeness (QED) is 0.769. The highest BCUT2D eigenvalue weighted by Gasteiger charge is 2.02. The second kappa shape index (κ2) is 5.68. The minimum Gasteiger partial charge on any atom is -0.390 e. The lowest BCUT2D eigenvalue weighted by Gasteiger charge is -2.21. The van der Waals surface area contributed by atoms with Gasteiger partial charge >= 0.3 is 0 Å². The van der Waals surface area contributed by atoms with Crippen molar-refractivity contribution in [2.75, 3.05) is 39.1 Å². The van der Waals surface area contributed by atoms with Crippen LogP contribution in [0, 0.1) is 0 Å². The van der Waals surface area contributed by atoms with Gasteiger partial charge < -0.3 is 14.9 Å². The molecule has 1 aromatic rings. The maximum atomic E-state index is 8.97. The lowest BCUT2D eigenvalue weighted by Crippen LogP contribution is -2.28. The number of aliphatic hydroxyl groups is 1. The maximum absolute atomic E-state index is 8.97. The largest absolute Gasteiger partial charge is 0.390 e. The molecule has 0 bridgehead atoms. The van der Waals surface area contributed by atoms with Crippen LogP contribution in [0.3, 0.4) is 0 Å². The van der Waals surface area contributed by atoms with E-state index in [4.69, 9.17) is 5.11 Å². The molecule has 0 radical (unpaired) electrons. The minimum atomic E-state index is -0.00460. The summed E-state index contributed by atoms with van der Waals surface area (Å²) in [6, 6.07) is 3.87. The molecule has 15 heavy (non-hydrogen) atoms. The van der Waals surface area contributed by atoms with Crippen LogP contribution in [0.25, 0.3) is 0 Å². The van der Waals surface area contributed by atoms with Gasteiger partial charge in [0.25, 0.3) is 0 Å². The first-order valence-corrected chi connectivity index (χ1v) is 5.05. The van der Waals surface area contributed by atoms with E-state index in [9.17, 15) is 0 Å². The molecule has 0 unspecified atom stereocenters. The Labute approximate surface area is 91.2 Å². The fourth-order valence-electron chi connectivity index (χ4n) is 1.27. The van der Waals surface area contributed by atoms with Crippen molar-refractivity contribution >= 4 is 5.69 Å². The number of hydrogen-bond donors (Lipinski definition) is 1. The zero-order valence-corrected chi connectivity index (χ0v) is 9.64. The average Bonchev–Trinajstić information content (AvgIpc) is 2.26. The lowest BCUT2D eigenvalue weighted by molar-refractivity contribution is 0.277. The van der Waals surface area contributed by atoms with E-state index in [1.807, 2.05) is 19.2 Å². The number of aliphatic hydroxyl groups excluding tert-OH is 1. The molecule has 0 saturated heterocycles. The Bertz CT molecular complexity index is 302. The van der Waals surface area contributed by atoms with E-state index in [0.29, 0.717) is 5.69 Å². The van der Waals surface area contributed by atoms with Crippen molar-refractivity contribution in [1.29, 1.82) is 0 Å². The highest BCUT2D eigenvalue weighted by molar-refractivity contribution is 5.45. The van der Waals surface area contributed by atoms with Crippen LogP contribution in [0.1, 0.15) is 5.69 Å². The smallest absolute Gasteiger partial charge is 0.0853 e. The van der Waals surface area contributed by atoms with E-state index in [1.54, 1.807) is 6.20 Å². The molecule has 4 nitrogen and oxygen atoms in total. The van der Waals surface area contributed by atoms with Gasteiger partial charge in [0.15, 0.2) is 0 Å². The summed E-state index contributed by atoms with van der Waals surface area (Å²) in [6.45, 7) is 1.96. The van der Waals surface area contributed by atoms with Gasteiger partial charge in [0, 0.05) is 32.0 Å². The Morgan fingerprint density at radius 2 is 2.00 bits per heavy atom. The van der Waals surface area contributed by atoms with Gasteiger partial charge in [0.2, 0.25) is 0 Å². The summed E-state index contributed by atoms with van der Waals surface area (Å²) in [7, 11) is 6.15. The van der Waals surface area contributed by atoms with Crippen molar-refractivity contribution in [2.45, 2.75) is 6.61 Å². The van der Waals surface area contributed by atoms with Crippen molar-refractivity contribution in [3.8, 4) is 0 Å². The molecular weight excluding hydrogens is 190 g/mol. The van der Waals surface area contributed by atoms with Crippen LogP contribution in [-0.2, 0) is 6.61 Å². The van der Waals surface area contributed by atoms with E-state index in [0.717, 1.165) is 18.8 Å². The van der Waals surface area contributed by atoms with Gasteiger partial charge in [-0.25, -0.2) is 0 Å². The van der Waals surface area contributed by atoms with Gasteiger partial charge in [0.05, 0.1) is 12.3 Å². The summed E-state index contributed by atoms with van der Waals surface area (Å²) in [5.74, 6) is 0. The van der Waals surface area contributed by atoms with Crippen LogP contribution in [0.4, 0.5) is 5.69 Å². The Balaban J connectivity index is 2.60. The molecule has 1 rings (SSSR count). The Morgan fingerprint density at radius 3 is 2.60 bits per heavy atom. The van der Waals surface area contributed by atoms with Gasteiger partial charge in [0.1, 0.15) is 0 Å². The number of pyridine rings is 1. The van der Waals surface area contributed by atoms with Crippen molar-refractivity contribution in [1.82, 2.24) is 9.88 Å². The topological polar surface area (TPSA) is 39.6 Å². The zero-order valence-electron chi connectivity index (χ0n) is 9.64. The van der Waals surface area contributed by atoms with Crippen LogP contribution in [0.2, 0.25) is 0 Å². The number of likely N-dealkylation sites (N-methyl/N-ethyl adjacent to an activating group) is 2. The highest BCUT2D eigenvalue weighted by atomic mass is 16.3. The molecule has 0 fully saturated rings. The molecule has 0 aliphatic rings. The lowest BCUT2D eigenvalue weighted by atomic mass is 10.3. The molecule has 0 spiro atoms. The molecule has 0 amide bonds. The monoisotopic (exact) mass is 209 g/mol. The van der Waals surface area contributed by atoms with E-state index in [1.165, 1.54) is 0 Å².